The average molecular weight is 475 g/mol. The Bertz CT molecular complexity index is 1450. The third-order valence-electron chi connectivity index (χ3n) is 5.52. The first-order chi connectivity index (χ1) is 16.3. The molecule has 0 fully saturated rings. The van der Waals surface area contributed by atoms with E-state index in [2.05, 4.69) is 31.6 Å². The Morgan fingerprint density at radius 1 is 1.03 bits per heavy atom. The van der Waals surface area contributed by atoms with Gasteiger partial charge in [0.2, 0.25) is 0 Å². The molecule has 0 spiro atoms. The zero-order valence-corrected chi connectivity index (χ0v) is 20.1. The van der Waals surface area contributed by atoms with Crippen molar-refractivity contribution in [1.29, 1.82) is 0 Å². The van der Waals surface area contributed by atoms with Gasteiger partial charge in [-0.05, 0) is 60.9 Å². The van der Waals surface area contributed by atoms with Gasteiger partial charge < -0.3 is 9.88 Å². The van der Waals surface area contributed by atoms with Gasteiger partial charge in [0.1, 0.15) is 5.82 Å². The van der Waals surface area contributed by atoms with E-state index in [9.17, 15) is 8.42 Å². The molecule has 3 aromatic heterocycles. The number of sulfonamides is 1. The fourth-order valence-corrected chi connectivity index (χ4v) is 4.83. The van der Waals surface area contributed by atoms with Crippen LogP contribution in [0.4, 0.5) is 11.4 Å². The molecule has 0 amide bonds. The molecule has 4 aromatic rings. The van der Waals surface area contributed by atoms with Gasteiger partial charge in [0.15, 0.2) is 5.03 Å². The molecular formula is C25H26N6O2S. The molecule has 0 aliphatic heterocycles. The summed E-state index contributed by atoms with van der Waals surface area (Å²) >= 11 is 0. The van der Waals surface area contributed by atoms with Crippen LogP contribution in [0, 0.1) is 6.92 Å². The molecule has 1 aromatic carbocycles. The Balaban J connectivity index is 1.69. The Labute approximate surface area is 199 Å². The van der Waals surface area contributed by atoms with Crippen LogP contribution in [-0.4, -0.2) is 34.5 Å². The van der Waals surface area contributed by atoms with E-state index in [1.165, 1.54) is 17.0 Å². The fraction of sp³-hybridized carbons (Fsp3) is 0.160. The van der Waals surface area contributed by atoms with Crippen LogP contribution < -0.4 is 10.0 Å². The molecule has 4 rings (SSSR count). The zero-order chi connectivity index (χ0) is 24.3. The molecule has 0 radical (unpaired) electrons. The lowest BCUT2D eigenvalue weighted by Crippen LogP contribution is -2.16. The van der Waals surface area contributed by atoms with Crippen molar-refractivity contribution in [3.63, 3.8) is 0 Å². The maximum absolute atomic E-state index is 12.9. The smallest absolute Gasteiger partial charge is 0.279 e. The van der Waals surface area contributed by atoms with E-state index < -0.39 is 10.0 Å². The molecule has 0 saturated carbocycles. The highest BCUT2D eigenvalue weighted by Crippen LogP contribution is 2.33. The van der Waals surface area contributed by atoms with Crippen LogP contribution in [-0.2, 0) is 17.1 Å². The van der Waals surface area contributed by atoms with Crippen LogP contribution in [0.2, 0.25) is 0 Å². The van der Waals surface area contributed by atoms with Gasteiger partial charge in [0, 0.05) is 49.0 Å². The second-order valence-corrected chi connectivity index (χ2v) is 9.40. The van der Waals surface area contributed by atoms with Crippen molar-refractivity contribution in [3.05, 3.63) is 90.9 Å². The first-order valence-corrected chi connectivity index (χ1v) is 12.2. The summed E-state index contributed by atoms with van der Waals surface area (Å²) in [6.45, 7) is 8.85. The summed E-state index contributed by atoms with van der Waals surface area (Å²) in [4.78, 5) is 12.4. The number of aryl methyl sites for hydroxylation is 1. The highest BCUT2D eigenvalue weighted by Gasteiger charge is 2.20. The maximum Gasteiger partial charge on any atom is 0.279 e. The topological polar surface area (TPSA) is 102 Å². The number of aromatic nitrogens is 4. The van der Waals surface area contributed by atoms with Crippen molar-refractivity contribution in [2.75, 3.05) is 16.6 Å². The first kappa shape index (κ1) is 23.2. The number of nitrogens with zero attached hydrogens (tertiary/aromatic N) is 4. The summed E-state index contributed by atoms with van der Waals surface area (Å²) in [6, 6.07) is 11.6. The molecule has 0 saturated heterocycles. The molecule has 0 aliphatic rings. The third kappa shape index (κ3) is 4.69. The van der Waals surface area contributed by atoms with Crippen LogP contribution in [0.5, 0.6) is 0 Å². The van der Waals surface area contributed by atoms with Crippen molar-refractivity contribution in [3.8, 4) is 11.1 Å². The van der Waals surface area contributed by atoms with Crippen molar-refractivity contribution < 1.29 is 8.42 Å². The number of benzene rings is 1. The SMILES string of the molecule is C=C(c1ccncc1)c1cc(-c2cncc(NS(=O)(=O)c3cnc(C)n3C)c2)ccc1NCC. The first-order valence-electron chi connectivity index (χ1n) is 10.7. The molecule has 3 heterocycles. The summed E-state index contributed by atoms with van der Waals surface area (Å²) in [6.07, 6.45) is 7.99. The molecule has 174 valence electrons. The normalized spacial score (nSPS) is 11.3. The monoisotopic (exact) mass is 474 g/mol. The van der Waals surface area contributed by atoms with Gasteiger partial charge in [0.25, 0.3) is 10.0 Å². The van der Waals surface area contributed by atoms with E-state index >= 15 is 0 Å². The second-order valence-electron chi connectivity index (χ2n) is 7.78. The summed E-state index contributed by atoms with van der Waals surface area (Å²) in [7, 11) is -2.15. The largest absolute Gasteiger partial charge is 0.385 e. The van der Waals surface area contributed by atoms with Crippen molar-refractivity contribution >= 4 is 27.0 Å². The zero-order valence-electron chi connectivity index (χ0n) is 19.3. The van der Waals surface area contributed by atoms with Crippen LogP contribution >= 0.6 is 0 Å². The van der Waals surface area contributed by atoms with E-state index in [0.717, 1.165) is 40.1 Å². The van der Waals surface area contributed by atoms with Crippen LogP contribution in [0.3, 0.4) is 0 Å². The van der Waals surface area contributed by atoms with E-state index in [1.54, 1.807) is 38.6 Å². The Morgan fingerprint density at radius 2 is 1.79 bits per heavy atom. The van der Waals surface area contributed by atoms with Crippen molar-refractivity contribution in [2.24, 2.45) is 7.05 Å². The summed E-state index contributed by atoms with van der Waals surface area (Å²) in [5, 5.41) is 3.47. The van der Waals surface area contributed by atoms with Crippen molar-refractivity contribution in [2.45, 2.75) is 18.9 Å². The number of anilines is 2. The predicted octanol–water partition coefficient (Wildman–Crippen LogP) is 4.48. The minimum Gasteiger partial charge on any atom is -0.385 e. The molecule has 0 atom stereocenters. The van der Waals surface area contributed by atoms with Gasteiger partial charge in [0.05, 0.1) is 18.1 Å². The number of rotatable bonds is 8. The Kier molecular flexibility index (Phi) is 6.47. The Hall–Kier alpha value is -3.98. The standard InChI is InChI=1S/C25H26N6O2S/c1-5-28-24-7-6-20(13-23(24)17(2)19-8-10-26-11-9-19)21-12-22(15-27-14-21)30-34(32,33)25-16-29-18(3)31(25)4/h6-16,28,30H,2,5H2,1,3-4H3. The van der Waals surface area contributed by atoms with Gasteiger partial charge in [-0.1, -0.05) is 12.6 Å². The van der Waals surface area contributed by atoms with Crippen LogP contribution in [0.15, 0.2) is 79.0 Å². The molecule has 2 N–H and O–H groups in total. The molecule has 9 heteroatoms. The number of hydrogen-bond acceptors (Lipinski definition) is 6. The minimum absolute atomic E-state index is 0.0846. The second kappa shape index (κ2) is 9.48. The molecule has 0 aliphatic carbocycles. The van der Waals surface area contributed by atoms with Gasteiger partial charge in [-0.3, -0.25) is 14.7 Å². The van der Waals surface area contributed by atoms with Gasteiger partial charge >= 0.3 is 0 Å². The van der Waals surface area contributed by atoms with E-state index in [4.69, 9.17) is 0 Å². The van der Waals surface area contributed by atoms with Gasteiger partial charge in [-0.15, -0.1) is 0 Å². The molecule has 8 nitrogen and oxygen atoms in total. The summed E-state index contributed by atoms with van der Waals surface area (Å²) in [5.74, 6) is 0.606. The minimum atomic E-state index is -3.81. The highest BCUT2D eigenvalue weighted by molar-refractivity contribution is 7.92. The number of imidazole rings is 1. The fourth-order valence-electron chi connectivity index (χ4n) is 3.62. The lowest BCUT2D eigenvalue weighted by Gasteiger charge is -2.16. The Morgan fingerprint density at radius 3 is 2.47 bits per heavy atom. The number of pyridine rings is 2. The maximum atomic E-state index is 12.9. The molecular weight excluding hydrogens is 448 g/mol. The van der Waals surface area contributed by atoms with Crippen LogP contribution in [0.25, 0.3) is 16.7 Å². The quantitative estimate of drug-likeness (QED) is 0.390. The van der Waals surface area contributed by atoms with Crippen LogP contribution in [0.1, 0.15) is 23.9 Å². The number of nitrogens with one attached hydrogen (secondary N) is 2. The van der Waals surface area contributed by atoms with E-state index in [0.29, 0.717) is 11.5 Å². The summed E-state index contributed by atoms with van der Waals surface area (Å²) in [5.41, 5.74) is 5.76. The number of hydrogen-bond donors (Lipinski definition) is 2. The molecule has 0 unspecified atom stereocenters. The third-order valence-corrected chi connectivity index (χ3v) is 6.95. The molecule has 0 bridgehead atoms. The average Bonchev–Trinajstić information content (AvgIpc) is 3.18. The van der Waals surface area contributed by atoms with E-state index in [1.807, 2.05) is 37.3 Å². The molecule has 34 heavy (non-hydrogen) atoms. The summed E-state index contributed by atoms with van der Waals surface area (Å²) < 4.78 is 29.9. The van der Waals surface area contributed by atoms with E-state index in [-0.39, 0.29) is 5.03 Å². The lowest BCUT2D eigenvalue weighted by molar-refractivity contribution is 0.590. The van der Waals surface area contributed by atoms with Crippen molar-refractivity contribution in [1.82, 2.24) is 19.5 Å². The van der Waals surface area contributed by atoms with Gasteiger partial charge in [-0.25, -0.2) is 4.98 Å². The lowest BCUT2D eigenvalue weighted by atomic mass is 9.95. The predicted molar refractivity (Wildman–Crippen MR) is 135 cm³/mol. The van der Waals surface area contributed by atoms with Gasteiger partial charge in [-0.2, -0.15) is 8.42 Å². The highest BCUT2D eigenvalue weighted by atomic mass is 32.2.